The van der Waals surface area contributed by atoms with Gasteiger partial charge in [-0.1, -0.05) is 0 Å². The van der Waals surface area contributed by atoms with Crippen LogP contribution in [0, 0.1) is 5.82 Å². The first-order valence-corrected chi connectivity index (χ1v) is 6.35. The summed E-state index contributed by atoms with van der Waals surface area (Å²) in [4.78, 5) is 10.6. The van der Waals surface area contributed by atoms with E-state index in [-0.39, 0.29) is 5.56 Å². The molecule has 0 radical (unpaired) electrons. The summed E-state index contributed by atoms with van der Waals surface area (Å²) in [5.74, 6) is -4.53. The van der Waals surface area contributed by atoms with Crippen molar-refractivity contribution in [3.63, 3.8) is 0 Å². The number of rotatable bonds is 3. The van der Waals surface area contributed by atoms with E-state index in [0.29, 0.717) is 6.07 Å². The third-order valence-corrected chi connectivity index (χ3v) is 2.70. The van der Waals surface area contributed by atoms with Crippen LogP contribution < -0.4 is 0 Å². The zero-order valence-corrected chi connectivity index (χ0v) is 9.22. The Balaban J connectivity index is 3.30. The summed E-state index contributed by atoms with van der Waals surface area (Å²) in [6.45, 7) is 0. The molecule has 1 aromatic rings. The van der Waals surface area contributed by atoms with Gasteiger partial charge < -0.3 is 10.2 Å². The van der Waals surface area contributed by atoms with Crippen molar-refractivity contribution in [2.24, 2.45) is 0 Å². The highest BCUT2D eigenvalue weighted by Gasteiger charge is 2.17. The highest BCUT2D eigenvalue weighted by atomic mass is 35.7. The molecule has 0 amide bonds. The van der Waals surface area contributed by atoms with Crippen molar-refractivity contribution < 1.29 is 27.8 Å². The zero-order chi connectivity index (χ0) is 12.5. The Morgan fingerprint density at radius 3 is 2.44 bits per heavy atom. The van der Waals surface area contributed by atoms with Crippen LogP contribution in [0.1, 0.15) is 15.9 Å². The number of carboxylic acids is 1. The van der Waals surface area contributed by atoms with E-state index in [0.717, 1.165) is 6.07 Å². The van der Waals surface area contributed by atoms with Crippen LogP contribution >= 0.6 is 10.7 Å². The summed E-state index contributed by atoms with van der Waals surface area (Å²) in [5.41, 5.74) is -0.863. The number of benzene rings is 1. The minimum atomic E-state index is -3.92. The Hall–Kier alpha value is -1.34. The molecule has 0 spiro atoms. The molecule has 0 saturated heterocycles. The smallest absolute Gasteiger partial charge is 0.339 e. The second kappa shape index (κ2) is 4.26. The molecule has 0 aliphatic rings. The van der Waals surface area contributed by atoms with Gasteiger partial charge in [-0.05, 0) is 17.7 Å². The van der Waals surface area contributed by atoms with E-state index in [1.54, 1.807) is 0 Å². The maximum absolute atomic E-state index is 13.0. The lowest BCUT2D eigenvalue weighted by Gasteiger charge is -2.04. The van der Waals surface area contributed by atoms with Crippen LogP contribution in [0.2, 0.25) is 0 Å². The Kier molecular flexibility index (Phi) is 3.39. The largest absolute Gasteiger partial charge is 0.504 e. The highest BCUT2D eigenvalue weighted by Crippen LogP contribution is 2.24. The molecule has 0 unspecified atom stereocenters. The van der Waals surface area contributed by atoms with Gasteiger partial charge in [0.25, 0.3) is 0 Å². The van der Waals surface area contributed by atoms with Gasteiger partial charge in [0.1, 0.15) is 5.56 Å². The molecule has 5 nitrogen and oxygen atoms in total. The van der Waals surface area contributed by atoms with E-state index in [9.17, 15) is 17.6 Å². The molecule has 0 aliphatic carbocycles. The molecule has 16 heavy (non-hydrogen) atoms. The van der Waals surface area contributed by atoms with Gasteiger partial charge >= 0.3 is 5.97 Å². The summed E-state index contributed by atoms with van der Waals surface area (Å²) < 4.78 is 34.4. The van der Waals surface area contributed by atoms with E-state index in [2.05, 4.69) is 0 Å². The Morgan fingerprint density at radius 1 is 1.44 bits per heavy atom. The first-order valence-electron chi connectivity index (χ1n) is 3.87. The third kappa shape index (κ3) is 3.07. The van der Waals surface area contributed by atoms with Crippen LogP contribution in [0.3, 0.4) is 0 Å². The fourth-order valence-electron chi connectivity index (χ4n) is 1.10. The standard InChI is InChI=1S/C8H6ClFO5S/c9-16(14,15)3-4-1-5(8(12)13)7(11)6(10)2-4/h1-2,11H,3H2,(H,12,13). The van der Waals surface area contributed by atoms with E-state index >= 15 is 0 Å². The summed E-state index contributed by atoms with van der Waals surface area (Å²) in [5, 5.41) is 17.7. The first kappa shape index (κ1) is 12.7. The van der Waals surface area contributed by atoms with Crippen LogP contribution in [0.25, 0.3) is 0 Å². The van der Waals surface area contributed by atoms with Crippen LogP contribution in [0.4, 0.5) is 4.39 Å². The van der Waals surface area contributed by atoms with Crippen molar-refractivity contribution in [3.05, 3.63) is 29.1 Å². The van der Waals surface area contributed by atoms with Gasteiger partial charge in [0, 0.05) is 10.7 Å². The number of carboxylic acid groups (broad SMARTS) is 1. The van der Waals surface area contributed by atoms with Crippen LogP contribution in [-0.4, -0.2) is 24.6 Å². The van der Waals surface area contributed by atoms with Gasteiger partial charge in [0.05, 0.1) is 5.75 Å². The lowest BCUT2D eigenvalue weighted by molar-refractivity contribution is 0.0692. The van der Waals surface area contributed by atoms with E-state index in [1.807, 2.05) is 0 Å². The molecule has 88 valence electrons. The van der Waals surface area contributed by atoms with Gasteiger partial charge in [-0.2, -0.15) is 0 Å². The topological polar surface area (TPSA) is 91.7 Å². The third-order valence-electron chi connectivity index (χ3n) is 1.69. The van der Waals surface area contributed by atoms with Crippen molar-refractivity contribution in [1.29, 1.82) is 0 Å². The van der Waals surface area contributed by atoms with Crippen molar-refractivity contribution in [1.82, 2.24) is 0 Å². The van der Waals surface area contributed by atoms with Crippen LogP contribution in [-0.2, 0) is 14.8 Å². The van der Waals surface area contributed by atoms with Gasteiger partial charge in [-0.3, -0.25) is 0 Å². The normalized spacial score (nSPS) is 11.4. The van der Waals surface area contributed by atoms with E-state index in [1.165, 1.54) is 0 Å². The number of aromatic hydroxyl groups is 1. The van der Waals surface area contributed by atoms with Gasteiger partial charge in [-0.15, -0.1) is 0 Å². The second-order valence-corrected chi connectivity index (χ2v) is 5.74. The fraction of sp³-hybridized carbons (Fsp3) is 0.125. The summed E-state index contributed by atoms with van der Waals surface area (Å²) >= 11 is 0. The predicted molar refractivity (Wildman–Crippen MR) is 53.5 cm³/mol. The predicted octanol–water partition coefficient (Wildman–Crippen LogP) is 1.30. The van der Waals surface area contributed by atoms with E-state index in [4.69, 9.17) is 20.9 Å². The van der Waals surface area contributed by atoms with Crippen molar-refractivity contribution >= 4 is 25.7 Å². The number of hydrogen-bond acceptors (Lipinski definition) is 4. The molecule has 0 fully saturated rings. The quantitative estimate of drug-likeness (QED) is 0.806. The number of hydrogen-bond donors (Lipinski definition) is 2. The average molecular weight is 269 g/mol. The molecule has 0 atom stereocenters. The summed E-state index contributed by atoms with van der Waals surface area (Å²) in [6, 6.07) is 1.56. The Labute approximate surface area is 94.5 Å². The molecule has 1 aromatic carbocycles. The summed E-state index contributed by atoms with van der Waals surface area (Å²) in [7, 11) is 1.01. The van der Waals surface area contributed by atoms with Crippen LogP contribution in [0.15, 0.2) is 12.1 Å². The zero-order valence-electron chi connectivity index (χ0n) is 7.65. The lowest BCUT2D eigenvalue weighted by Crippen LogP contribution is -2.02. The molecule has 1 rings (SSSR count). The minimum Gasteiger partial charge on any atom is -0.504 e. The molecule has 0 aromatic heterocycles. The molecular formula is C8H6ClFO5S. The Morgan fingerprint density at radius 2 is 2.00 bits per heavy atom. The monoisotopic (exact) mass is 268 g/mol. The average Bonchev–Trinajstić information content (AvgIpc) is 2.07. The van der Waals surface area contributed by atoms with E-state index < -0.39 is 37.9 Å². The maximum atomic E-state index is 13.0. The van der Waals surface area contributed by atoms with Gasteiger partial charge in [0.2, 0.25) is 9.05 Å². The number of halogens is 2. The highest BCUT2D eigenvalue weighted by molar-refractivity contribution is 8.13. The molecule has 0 saturated carbocycles. The van der Waals surface area contributed by atoms with Crippen LogP contribution in [0.5, 0.6) is 5.75 Å². The van der Waals surface area contributed by atoms with Gasteiger partial charge in [0.15, 0.2) is 11.6 Å². The molecular weight excluding hydrogens is 263 g/mol. The summed E-state index contributed by atoms with van der Waals surface area (Å²) in [6.07, 6.45) is 0. The van der Waals surface area contributed by atoms with Gasteiger partial charge in [-0.25, -0.2) is 17.6 Å². The number of aromatic carboxylic acids is 1. The van der Waals surface area contributed by atoms with Crippen molar-refractivity contribution in [2.75, 3.05) is 0 Å². The first-order chi connectivity index (χ1) is 7.20. The fourth-order valence-corrected chi connectivity index (χ4v) is 2.04. The minimum absolute atomic E-state index is 0.150. The van der Waals surface area contributed by atoms with Crippen molar-refractivity contribution in [3.8, 4) is 5.75 Å². The molecule has 0 heterocycles. The number of phenols is 1. The maximum Gasteiger partial charge on any atom is 0.339 e. The molecule has 8 heteroatoms. The lowest BCUT2D eigenvalue weighted by atomic mass is 10.1. The van der Waals surface area contributed by atoms with Crippen molar-refractivity contribution in [2.45, 2.75) is 5.75 Å². The molecule has 2 N–H and O–H groups in total. The second-order valence-electron chi connectivity index (χ2n) is 2.96. The number of carbonyl (C=O) groups is 1. The molecule has 0 bridgehead atoms. The Bertz CT molecular complexity index is 540. The molecule has 0 aliphatic heterocycles. The SMILES string of the molecule is O=C(O)c1cc(CS(=O)(=O)Cl)cc(F)c1O.